The van der Waals surface area contributed by atoms with E-state index < -0.39 is 31.1 Å². The van der Waals surface area contributed by atoms with Crippen LogP contribution in [0.25, 0.3) is 11.2 Å². The number of nitrogens with zero attached hydrogens (tertiary/aromatic N) is 4. The number of imidazole rings is 1. The number of amides is 1. The Morgan fingerprint density at radius 3 is 2.83 bits per heavy atom. The highest BCUT2D eigenvalue weighted by Gasteiger charge is 2.45. The van der Waals surface area contributed by atoms with Gasteiger partial charge in [-0.05, 0) is 12.1 Å². The average Bonchev–Trinajstić information content (AvgIpc) is 3.34. The fraction of sp³-hybridized carbons (Fsp3) is 0.300. The number of aliphatic hydroxyl groups is 2. The summed E-state index contributed by atoms with van der Waals surface area (Å²) in [6.07, 6.45) is 4.38. The zero-order valence-electron chi connectivity index (χ0n) is 15.8. The molecule has 0 radical (unpaired) electrons. The van der Waals surface area contributed by atoms with Gasteiger partial charge < -0.3 is 25.0 Å². The van der Waals surface area contributed by atoms with Crippen molar-refractivity contribution in [1.82, 2.24) is 19.5 Å². The summed E-state index contributed by atoms with van der Waals surface area (Å²) >= 11 is 0. The van der Waals surface area contributed by atoms with Crippen molar-refractivity contribution in [2.24, 2.45) is 0 Å². The lowest BCUT2D eigenvalue weighted by Crippen LogP contribution is -2.35. The van der Waals surface area contributed by atoms with Crippen LogP contribution in [0, 0.1) is 12.3 Å². The van der Waals surface area contributed by atoms with E-state index in [2.05, 4.69) is 26.2 Å². The maximum atomic E-state index is 12.5. The summed E-state index contributed by atoms with van der Waals surface area (Å²) in [5.74, 6) is 2.24. The molecule has 1 amide bonds. The summed E-state index contributed by atoms with van der Waals surface area (Å²) in [7, 11) is 0. The molecule has 1 unspecified atom stereocenters. The fourth-order valence-corrected chi connectivity index (χ4v) is 3.32. The molecule has 1 fully saturated rings. The van der Waals surface area contributed by atoms with Gasteiger partial charge in [0.1, 0.15) is 31.2 Å². The third-order valence-electron chi connectivity index (χ3n) is 4.75. The first-order valence-electron chi connectivity index (χ1n) is 9.17. The molecule has 1 aliphatic heterocycles. The molecule has 10 nitrogen and oxygen atoms in total. The number of ether oxygens (including phenoxy) is 2. The Labute approximate surface area is 171 Å². The van der Waals surface area contributed by atoms with Crippen molar-refractivity contribution < 1.29 is 24.5 Å². The minimum absolute atomic E-state index is 0.0419. The Balaban J connectivity index is 1.66. The van der Waals surface area contributed by atoms with Crippen LogP contribution in [0.5, 0.6) is 0 Å². The van der Waals surface area contributed by atoms with Crippen molar-refractivity contribution in [3.05, 3.63) is 48.5 Å². The molecule has 3 heterocycles. The molecule has 1 aromatic carbocycles. The second kappa shape index (κ2) is 8.56. The Hall–Kier alpha value is -3.36. The number of carbonyl (C=O) groups is 1. The van der Waals surface area contributed by atoms with E-state index >= 15 is 0 Å². The van der Waals surface area contributed by atoms with Crippen molar-refractivity contribution in [1.29, 1.82) is 0 Å². The number of hydrogen-bond acceptors (Lipinski definition) is 8. The van der Waals surface area contributed by atoms with Gasteiger partial charge in [0.15, 0.2) is 23.2 Å². The second-order valence-electron chi connectivity index (χ2n) is 6.58. The van der Waals surface area contributed by atoms with E-state index in [9.17, 15) is 15.0 Å². The van der Waals surface area contributed by atoms with E-state index in [1.807, 2.05) is 6.07 Å². The monoisotopic (exact) mass is 409 g/mol. The van der Waals surface area contributed by atoms with Crippen LogP contribution in [0.15, 0.2) is 43.0 Å². The predicted molar refractivity (Wildman–Crippen MR) is 105 cm³/mol. The quantitative estimate of drug-likeness (QED) is 0.497. The molecular weight excluding hydrogens is 390 g/mol. The molecule has 3 aromatic rings. The smallest absolute Gasteiger partial charge is 0.256 e. The second-order valence-corrected chi connectivity index (χ2v) is 6.58. The van der Waals surface area contributed by atoms with Gasteiger partial charge in [-0.2, -0.15) is 0 Å². The number of nitrogens with one attached hydrogen (secondary N) is 1. The van der Waals surface area contributed by atoms with E-state index in [0.717, 1.165) is 0 Å². The number of fused-ring (bicyclic) bond motifs is 1. The van der Waals surface area contributed by atoms with Crippen molar-refractivity contribution in [2.75, 3.05) is 18.5 Å². The Kier molecular flexibility index (Phi) is 5.69. The summed E-state index contributed by atoms with van der Waals surface area (Å²) in [6, 6.07) is 8.70. The number of rotatable bonds is 6. The van der Waals surface area contributed by atoms with Crippen LogP contribution in [0.3, 0.4) is 0 Å². The number of hydrogen-bond donors (Lipinski definition) is 3. The molecule has 0 spiro atoms. The first-order chi connectivity index (χ1) is 14.6. The highest BCUT2D eigenvalue weighted by atomic mass is 16.6. The molecule has 4 atom stereocenters. The van der Waals surface area contributed by atoms with Crippen LogP contribution >= 0.6 is 0 Å². The standard InChI is InChI=1S/C20H19N5O5/c1-2-8-29-16-15(27)13(9-26)30-20(16)25-11-23-14-17(21-10-22-18(14)25)24-19(28)12-6-4-3-5-7-12/h1,3-7,10-11,13,15-16,20,26-27H,8-9H2,(H,21,22,24,28)/t13-,15+,16?,20-/m1/s1. The van der Waals surface area contributed by atoms with Gasteiger partial charge in [0.25, 0.3) is 5.91 Å². The summed E-state index contributed by atoms with van der Waals surface area (Å²) in [4.78, 5) is 25.1. The molecule has 1 aliphatic rings. The molecule has 0 aliphatic carbocycles. The lowest BCUT2D eigenvalue weighted by Gasteiger charge is -2.21. The first kappa shape index (κ1) is 19.9. The van der Waals surface area contributed by atoms with Crippen LogP contribution in [0.4, 0.5) is 5.82 Å². The third-order valence-corrected chi connectivity index (χ3v) is 4.75. The van der Waals surface area contributed by atoms with Crippen molar-refractivity contribution in [3.8, 4) is 12.3 Å². The predicted octanol–water partition coefficient (Wildman–Crippen LogP) is 0.348. The molecular formula is C20H19N5O5. The number of benzene rings is 1. The van der Waals surface area contributed by atoms with Crippen molar-refractivity contribution in [3.63, 3.8) is 0 Å². The first-order valence-corrected chi connectivity index (χ1v) is 9.17. The van der Waals surface area contributed by atoms with Gasteiger partial charge in [0, 0.05) is 5.56 Å². The zero-order valence-corrected chi connectivity index (χ0v) is 15.8. The summed E-state index contributed by atoms with van der Waals surface area (Å²) in [5.41, 5.74) is 1.17. The lowest BCUT2D eigenvalue weighted by molar-refractivity contribution is -0.0636. The van der Waals surface area contributed by atoms with E-state index in [4.69, 9.17) is 15.9 Å². The summed E-state index contributed by atoms with van der Waals surface area (Å²) < 4.78 is 12.9. The highest BCUT2D eigenvalue weighted by molar-refractivity contribution is 6.06. The minimum atomic E-state index is -1.09. The van der Waals surface area contributed by atoms with Crippen LogP contribution < -0.4 is 5.32 Å². The number of carbonyl (C=O) groups excluding carboxylic acids is 1. The van der Waals surface area contributed by atoms with Crippen LogP contribution in [0.2, 0.25) is 0 Å². The van der Waals surface area contributed by atoms with E-state index in [0.29, 0.717) is 16.7 Å². The van der Waals surface area contributed by atoms with Gasteiger partial charge in [-0.1, -0.05) is 24.1 Å². The normalized spacial score (nSPS) is 23.4. The number of aliphatic hydroxyl groups excluding tert-OH is 2. The van der Waals surface area contributed by atoms with Crippen molar-refractivity contribution >= 4 is 22.9 Å². The lowest BCUT2D eigenvalue weighted by atomic mass is 10.1. The number of aromatic nitrogens is 4. The molecule has 1 saturated heterocycles. The molecule has 154 valence electrons. The van der Waals surface area contributed by atoms with E-state index in [1.165, 1.54) is 12.7 Å². The van der Waals surface area contributed by atoms with Crippen molar-refractivity contribution in [2.45, 2.75) is 24.5 Å². The molecule has 0 bridgehead atoms. The SMILES string of the molecule is C#CCOC1[C@@H](O)[C@@H](CO)O[C@H]1n1cnc2c(NC(=O)c3ccccc3)ncnc21. The van der Waals surface area contributed by atoms with Gasteiger partial charge in [-0.25, -0.2) is 15.0 Å². The number of terminal acetylenes is 1. The van der Waals surface area contributed by atoms with Gasteiger partial charge in [-0.15, -0.1) is 6.42 Å². The van der Waals surface area contributed by atoms with Crippen LogP contribution in [-0.4, -0.2) is 67.2 Å². The summed E-state index contributed by atoms with van der Waals surface area (Å²) in [6.45, 7) is -0.437. The Bertz CT molecular complexity index is 1080. The molecule has 0 saturated carbocycles. The molecule has 10 heteroatoms. The Morgan fingerprint density at radius 2 is 2.10 bits per heavy atom. The molecule has 30 heavy (non-hydrogen) atoms. The van der Waals surface area contributed by atoms with E-state index in [-0.39, 0.29) is 18.3 Å². The zero-order chi connectivity index (χ0) is 21.1. The minimum Gasteiger partial charge on any atom is -0.394 e. The van der Waals surface area contributed by atoms with Gasteiger partial charge in [-0.3, -0.25) is 9.36 Å². The highest BCUT2D eigenvalue weighted by Crippen LogP contribution is 2.34. The largest absolute Gasteiger partial charge is 0.394 e. The fourth-order valence-electron chi connectivity index (χ4n) is 3.32. The topological polar surface area (TPSA) is 132 Å². The van der Waals surface area contributed by atoms with E-state index in [1.54, 1.807) is 28.8 Å². The average molecular weight is 409 g/mol. The maximum absolute atomic E-state index is 12.5. The van der Waals surface area contributed by atoms with Crippen LogP contribution in [0.1, 0.15) is 16.6 Å². The van der Waals surface area contributed by atoms with Crippen LogP contribution in [-0.2, 0) is 9.47 Å². The molecule has 4 rings (SSSR count). The summed E-state index contributed by atoms with van der Waals surface area (Å²) in [5, 5.41) is 22.6. The van der Waals surface area contributed by atoms with Gasteiger partial charge >= 0.3 is 0 Å². The van der Waals surface area contributed by atoms with Gasteiger partial charge in [0.05, 0.1) is 12.9 Å². The molecule has 3 N–H and O–H groups in total. The Morgan fingerprint density at radius 1 is 1.30 bits per heavy atom. The number of anilines is 1. The molecule has 2 aromatic heterocycles. The van der Waals surface area contributed by atoms with Gasteiger partial charge in [0.2, 0.25) is 0 Å². The maximum Gasteiger partial charge on any atom is 0.256 e. The third kappa shape index (κ3) is 3.62.